The van der Waals surface area contributed by atoms with Gasteiger partial charge in [0.05, 0.1) is 6.42 Å². The molecule has 0 fully saturated rings. The lowest BCUT2D eigenvalue weighted by Gasteiger charge is -2.12. The van der Waals surface area contributed by atoms with Gasteiger partial charge in [-0.1, -0.05) is 35.9 Å². The van der Waals surface area contributed by atoms with E-state index in [-0.39, 0.29) is 18.1 Å². The first-order valence-electron chi connectivity index (χ1n) is 8.07. The summed E-state index contributed by atoms with van der Waals surface area (Å²) in [6, 6.07) is 13.6. The van der Waals surface area contributed by atoms with Crippen molar-refractivity contribution in [3.05, 3.63) is 70.9 Å². The lowest BCUT2D eigenvalue weighted by atomic mass is 10.1. The maximum atomic E-state index is 13.3. The number of primary amides is 1. The molecule has 2 aromatic carbocycles. The van der Waals surface area contributed by atoms with Crippen molar-refractivity contribution in [2.24, 2.45) is 5.73 Å². The summed E-state index contributed by atoms with van der Waals surface area (Å²) in [7, 11) is 0. The Kier molecular flexibility index (Phi) is 5.51. The number of halogens is 4. The summed E-state index contributed by atoms with van der Waals surface area (Å²) in [5.41, 5.74) is 5.61. The SMILES string of the molecule is [15NH2]C(=O)Cc1ccc(Nc2cc(C(F)(F)F)nc(-c3cccc(Cl)c3)n2)cc1. The first kappa shape index (κ1) is 19.6. The van der Waals surface area contributed by atoms with E-state index in [2.05, 4.69) is 15.3 Å². The van der Waals surface area contributed by atoms with E-state index in [0.29, 0.717) is 21.8 Å². The Labute approximate surface area is 163 Å². The van der Waals surface area contributed by atoms with Crippen molar-refractivity contribution in [3.63, 3.8) is 0 Å². The Morgan fingerprint density at radius 1 is 1.07 bits per heavy atom. The molecule has 0 unspecified atom stereocenters. The number of alkyl halides is 3. The molecule has 3 N–H and O–H groups in total. The van der Waals surface area contributed by atoms with Gasteiger partial charge in [-0.15, -0.1) is 0 Å². The first-order valence-corrected chi connectivity index (χ1v) is 8.45. The molecule has 0 saturated carbocycles. The van der Waals surface area contributed by atoms with Crippen LogP contribution < -0.4 is 11.1 Å². The molecule has 0 aliphatic rings. The van der Waals surface area contributed by atoms with Crippen LogP contribution in [-0.2, 0) is 17.4 Å². The molecule has 144 valence electrons. The number of aromatic nitrogens is 2. The third-order valence-electron chi connectivity index (χ3n) is 3.70. The predicted octanol–water partition coefficient (Wildman–Crippen LogP) is 4.59. The molecular formula is C19H14ClF3N4O. The lowest BCUT2D eigenvalue weighted by Crippen LogP contribution is -2.13. The van der Waals surface area contributed by atoms with Gasteiger partial charge in [0, 0.05) is 22.3 Å². The van der Waals surface area contributed by atoms with Gasteiger partial charge in [0.15, 0.2) is 11.5 Å². The largest absolute Gasteiger partial charge is 0.433 e. The van der Waals surface area contributed by atoms with Gasteiger partial charge in [-0.2, -0.15) is 13.2 Å². The fourth-order valence-electron chi connectivity index (χ4n) is 2.47. The molecule has 3 aromatic rings. The fourth-order valence-corrected chi connectivity index (χ4v) is 2.66. The van der Waals surface area contributed by atoms with Crippen LogP contribution in [0.3, 0.4) is 0 Å². The van der Waals surface area contributed by atoms with E-state index in [1.807, 2.05) is 0 Å². The number of hydrogen-bond donors (Lipinski definition) is 2. The van der Waals surface area contributed by atoms with Crippen molar-refractivity contribution in [3.8, 4) is 11.4 Å². The molecule has 1 heterocycles. The van der Waals surface area contributed by atoms with Crippen molar-refractivity contribution in [2.75, 3.05) is 5.32 Å². The van der Waals surface area contributed by atoms with Crippen LogP contribution in [-0.4, -0.2) is 15.9 Å². The molecular weight excluding hydrogens is 394 g/mol. The lowest BCUT2D eigenvalue weighted by molar-refractivity contribution is -0.141. The van der Waals surface area contributed by atoms with Crippen molar-refractivity contribution in [1.82, 2.24) is 9.97 Å². The number of hydrogen-bond acceptors (Lipinski definition) is 4. The Hall–Kier alpha value is -3.13. The van der Waals surface area contributed by atoms with Gasteiger partial charge < -0.3 is 11.1 Å². The summed E-state index contributed by atoms with van der Waals surface area (Å²) < 4.78 is 39.8. The van der Waals surface area contributed by atoms with Crippen LogP contribution >= 0.6 is 11.6 Å². The highest BCUT2D eigenvalue weighted by atomic mass is 35.5. The molecule has 0 aliphatic heterocycles. The number of carbonyl (C=O) groups is 1. The fraction of sp³-hybridized carbons (Fsp3) is 0.105. The van der Waals surface area contributed by atoms with E-state index in [1.54, 1.807) is 42.5 Å². The smallest absolute Gasteiger partial charge is 0.369 e. The summed E-state index contributed by atoms with van der Waals surface area (Å²) in [6.45, 7) is 0. The third kappa shape index (κ3) is 4.98. The quantitative estimate of drug-likeness (QED) is 0.606. The minimum absolute atomic E-state index is 0.0278. The number of nitrogens with zero attached hydrogens (tertiary/aromatic N) is 2. The number of nitrogens with one attached hydrogen (secondary N) is 1. The average Bonchev–Trinajstić information content (AvgIpc) is 2.62. The summed E-state index contributed by atoms with van der Waals surface area (Å²) in [5, 5.41) is 3.18. The number of anilines is 2. The summed E-state index contributed by atoms with van der Waals surface area (Å²) in [5.74, 6) is -0.609. The monoisotopic (exact) mass is 407 g/mol. The van der Waals surface area contributed by atoms with Crippen LogP contribution in [0.15, 0.2) is 54.6 Å². The van der Waals surface area contributed by atoms with Crippen LogP contribution in [0.1, 0.15) is 11.3 Å². The van der Waals surface area contributed by atoms with Crippen molar-refractivity contribution < 1.29 is 18.0 Å². The van der Waals surface area contributed by atoms with Crippen LogP contribution in [0.4, 0.5) is 24.7 Å². The molecule has 3 rings (SSSR count). The van der Waals surface area contributed by atoms with Crippen LogP contribution in [0.5, 0.6) is 0 Å². The molecule has 0 bridgehead atoms. The van der Waals surface area contributed by atoms with Crippen LogP contribution in [0.2, 0.25) is 5.02 Å². The molecule has 0 spiro atoms. The van der Waals surface area contributed by atoms with Gasteiger partial charge in [0.2, 0.25) is 5.91 Å². The molecule has 0 saturated heterocycles. The highest BCUT2D eigenvalue weighted by Crippen LogP contribution is 2.32. The summed E-state index contributed by atoms with van der Waals surface area (Å²) in [6.07, 6.45) is -4.57. The van der Waals surface area contributed by atoms with Crippen LogP contribution in [0, 0.1) is 0 Å². The van der Waals surface area contributed by atoms with Gasteiger partial charge in [-0.25, -0.2) is 9.97 Å². The van der Waals surface area contributed by atoms with E-state index < -0.39 is 17.8 Å². The molecule has 28 heavy (non-hydrogen) atoms. The van der Waals surface area contributed by atoms with E-state index in [4.69, 9.17) is 17.3 Å². The standard InChI is InChI=1S/C19H14ClF3N4O/c20-13-3-1-2-12(9-13)18-26-15(19(21,22)23)10-17(27-18)25-14-6-4-11(5-7-14)8-16(24)28/h1-7,9-10H,8H2,(H2,24,28)(H,25,26,27)/i24+1. The van der Waals surface area contributed by atoms with Crippen LogP contribution in [0.25, 0.3) is 11.4 Å². The zero-order chi connectivity index (χ0) is 20.3. The Balaban J connectivity index is 1.96. The Bertz CT molecular complexity index is 1010. The number of benzene rings is 2. The molecule has 5 nitrogen and oxygen atoms in total. The van der Waals surface area contributed by atoms with Gasteiger partial charge in [-0.3, -0.25) is 4.79 Å². The van der Waals surface area contributed by atoms with Gasteiger partial charge in [0.1, 0.15) is 5.82 Å². The maximum absolute atomic E-state index is 13.3. The van der Waals surface area contributed by atoms with E-state index >= 15 is 0 Å². The van der Waals surface area contributed by atoms with Crippen molar-refractivity contribution >= 4 is 29.0 Å². The number of nitrogens with two attached hydrogens (primary N) is 1. The Morgan fingerprint density at radius 2 is 1.79 bits per heavy atom. The average molecular weight is 408 g/mol. The van der Waals surface area contributed by atoms with Crippen molar-refractivity contribution in [2.45, 2.75) is 12.6 Å². The second kappa shape index (κ2) is 7.85. The number of rotatable bonds is 5. The minimum atomic E-state index is -4.64. The molecule has 0 aliphatic carbocycles. The van der Waals surface area contributed by atoms with Gasteiger partial charge in [-0.05, 0) is 29.8 Å². The topological polar surface area (TPSA) is 80.9 Å². The zero-order valence-corrected chi connectivity index (χ0v) is 15.1. The maximum Gasteiger partial charge on any atom is 0.433 e. The van der Waals surface area contributed by atoms with E-state index in [1.165, 1.54) is 6.07 Å². The molecule has 0 atom stereocenters. The Morgan fingerprint density at radius 3 is 2.39 bits per heavy atom. The molecule has 1 aromatic heterocycles. The van der Waals surface area contributed by atoms with Gasteiger partial charge >= 0.3 is 6.18 Å². The molecule has 0 radical (unpaired) electrons. The predicted molar refractivity (Wildman–Crippen MR) is 100 cm³/mol. The van der Waals surface area contributed by atoms with E-state index in [9.17, 15) is 18.0 Å². The third-order valence-corrected chi connectivity index (χ3v) is 3.94. The summed E-state index contributed by atoms with van der Waals surface area (Å²) >= 11 is 5.92. The highest BCUT2D eigenvalue weighted by molar-refractivity contribution is 6.30. The van der Waals surface area contributed by atoms with E-state index in [0.717, 1.165) is 6.07 Å². The summed E-state index contributed by atoms with van der Waals surface area (Å²) in [4.78, 5) is 18.7. The highest BCUT2D eigenvalue weighted by Gasteiger charge is 2.34. The second-order valence-electron chi connectivity index (χ2n) is 5.94. The van der Waals surface area contributed by atoms with Gasteiger partial charge in [0.25, 0.3) is 0 Å². The first-order chi connectivity index (χ1) is 13.2. The molecule has 1 amide bonds. The second-order valence-corrected chi connectivity index (χ2v) is 6.37. The molecule has 9 heteroatoms. The normalized spacial score (nSPS) is 11.3. The van der Waals surface area contributed by atoms with Crippen molar-refractivity contribution in [1.29, 1.82) is 0 Å². The number of carbonyl (C=O) groups excluding carboxylic acids is 1. The number of amides is 1. The minimum Gasteiger partial charge on any atom is -0.369 e. The zero-order valence-electron chi connectivity index (χ0n) is 14.3.